The van der Waals surface area contributed by atoms with Crippen molar-refractivity contribution < 1.29 is 4.79 Å². The molecule has 0 fully saturated rings. The minimum atomic E-state index is -0.205. The summed E-state index contributed by atoms with van der Waals surface area (Å²) in [5.41, 5.74) is 2.03. The predicted octanol–water partition coefficient (Wildman–Crippen LogP) is 3.55. The lowest BCUT2D eigenvalue weighted by atomic mass is 10.1. The molecule has 0 unspecified atom stereocenters. The summed E-state index contributed by atoms with van der Waals surface area (Å²) < 4.78 is 1.68. The smallest absolute Gasteiger partial charge is 0.315 e. The maximum Gasteiger partial charge on any atom is 0.315 e. The molecule has 1 atom stereocenters. The maximum atomic E-state index is 12.2. The van der Waals surface area contributed by atoms with Crippen molar-refractivity contribution in [3.63, 3.8) is 0 Å². The number of carbonyl (C=O) groups is 1. The minimum absolute atomic E-state index is 0.0667. The molecule has 2 aromatic heterocycles. The number of hydrogen-bond donors (Lipinski definition) is 2. The molecule has 6 nitrogen and oxygen atoms in total. The molecular formula is C19H21N5OS. The summed E-state index contributed by atoms with van der Waals surface area (Å²) in [4.78, 5) is 17.7. The zero-order chi connectivity index (χ0) is 18.4. The number of hydrogen-bond acceptors (Lipinski definition) is 4. The number of rotatable bonds is 6. The third-order valence-electron chi connectivity index (χ3n) is 3.97. The fourth-order valence-corrected chi connectivity index (χ4v) is 2.91. The second kappa shape index (κ2) is 8.53. The molecule has 26 heavy (non-hydrogen) atoms. The van der Waals surface area contributed by atoms with Crippen LogP contribution in [0.4, 0.5) is 4.79 Å². The first kappa shape index (κ1) is 18.0. The van der Waals surface area contributed by atoms with Gasteiger partial charge in [-0.2, -0.15) is 5.10 Å². The van der Waals surface area contributed by atoms with Crippen molar-refractivity contribution >= 4 is 17.8 Å². The van der Waals surface area contributed by atoms with Crippen molar-refractivity contribution in [2.45, 2.75) is 24.4 Å². The molecule has 2 heterocycles. The maximum absolute atomic E-state index is 12.2. The van der Waals surface area contributed by atoms with Gasteiger partial charge in [-0.1, -0.05) is 12.1 Å². The molecule has 0 aliphatic rings. The number of urea groups is 1. The van der Waals surface area contributed by atoms with Crippen LogP contribution in [0.3, 0.4) is 0 Å². The van der Waals surface area contributed by atoms with Crippen LogP contribution < -0.4 is 10.6 Å². The Balaban J connectivity index is 1.54. The SMILES string of the molecule is CSc1ccc([C@@H](C)NC(=O)NCc2ccnc(-n3cccn3)c2)cc1. The Morgan fingerprint density at radius 3 is 2.73 bits per heavy atom. The largest absolute Gasteiger partial charge is 0.334 e. The molecule has 0 aliphatic carbocycles. The topological polar surface area (TPSA) is 71.8 Å². The molecular weight excluding hydrogens is 346 g/mol. The predicted molar refractivity (Wildman–Crippen MR) is 103 cm³/mol. The Kier molecular flexibility index (Phi) is 5.91. The molecule has 0 spiro atoms. The van der Waals surface area contributed by atoms with E-state index in [0.717, 1.165) is 16.9 Å². The average molecular weight is 367 g/mol. The van der Waals surface area contributed by atoms with Crippen LogP contribution in [0.2, 0.25) is 0 Å². The van der Waals surface area contributed by atoms with Gasteiger partial charge >= 0.3 is 6.03 Å². The van der Waals surface area contributed by atoms with Crippen LogP contribution in [0.1, 0.15) is 24.1 Å². The fraction of sp³-hybridized carbons (Fsp3) is 0.211. The van der Waals surface area contributed by atoms with Crippen molar-refractivity contribution in [2.75, 3.05) is 6.26 Å². The number of amides is 2. The molecule has 0 radical (unpaired) electrons. The highest BCUT2D eigenvalue weighted by Gasteiger charge is 2.09. The summed E-state index contributed by atoms with van der Waals surface area (Å²) in [5, 5.41) is 10.0. The van der Waals surface area contributed by atoms with E-state index < -0.39 is 0 Å². The van der Waals surface area contributed by atoms with Crippen LogP contribution in [-0.2, 0) is 6.54 Å². The summed E-state index contributed by atoms with van der Waals surface area (Å²) in [6.45, 7) is 2.39. The number of nitrogens with zero attached hydrogens (tertiary/aromatic N) is 3. The Labute approximate surface area is 157 Å². The van der Waals surface area contributed by atoms with Gasteiger partial charge in [0, 0.05) is 30.0 Å². The van der Waals surface area contributed by atoms with E-state index in [1.54, 1.807) is 28.8 Å². The molecule has 3 aromatic rings. The quantitative estimate of drug-likeness (QED) is 0.654. The van der Waals surface area contributed by atoms with Gasteiger partial charge in [0.25, 0.3) is 0 Å². The van der Waals surface area contributed by atoms with Crippen molar-refractivity contribution in [1.29, 1.82) is 0 Å². The van der Waals surface area contributed by atoms with E-state index in [0.29, 0.717) is 6.54 Å². The second-order valence-electron chi connectivity index (χ2n) is 5.79. The molecule has 7 heteroatoms. The molecule has 3 rings (SSSR count). The second-order valence-corrected chi connectivity index (χ2v) is 6.67. The number of aromatic nitrogens is 3. The van der Waals surface area contributed by atoms with E-state index in [2.05, 4.69) is 32.8 Å². The molecule has 0 aliphatic heterocycles. The molecule has 2 N–H and O–H groups in total. The van der Waals surface area contributed by atoms with E-state index in [9.17, 15) is 4.79 Å². The number of benzene rings is 1. The Morgan fingerprint density at radius 1 is 1.23 bits per heavy atom. The zero-order valence-electron chi connectivity index (χ0n) is 14.7. The Hall–Kier alpha value is -2.80. The first-order valence-corrected chi connectivity index (χ1v) is 9.51. The van der Waals surface area contributed by atoms with Crippen molar-refractivity contribution in [3.05, 3.63) is 72.2 Å². The Bertz CT molecular complexity index is 849. The standard InChI is InChI=1S/C19H21N5OS/c1-14(16-4-6-17(26-2)7-5-16)23-19(25)21-13-15-8-10-20-18(12-15)24-11-3-9-22-24/h3-12,14H,13H2,1-2H3,(H2,21,23,25)/t14-/m1/s1. The van der Waals surface area contributed by atoms with Crippen LogP contribution in [0, 0.1) is 0 Å². The van der Waals surface area contributed by atoms with Crippen molar-refractivity contribution in [2.24, 2.45) is 0 Å². The summed E-state index contributed by atoms with van der Waals surface area (Å²) in [5.74, 6) is 0.719. The van der Waals surface area contributed by atoms with Crippen LogP contribution in [0.25, 0.3) is 5.82 Å². The first-order valence-electron chi connectivity index (χ1n) is 8.29. The summed E-state index contributed by atoms with van der Waals surface area (Å²) >= 11 is 1.70. The monoisotopic (exact) mass is 367 g/mol. The van der Waals surface area contributed by atoms with E-state index >= 15 is 0 Å². The third kappa shape index (κ3) is 4.64. The van der Waals surface area contributed by atoms with Gasteiger partial charge < -0.3 is 10.6 Å². The normalized spacial score (nSPS) is 11.8. The van der Waals surface area contributed by atoms with Gasteiger partial charge in [0.2, 0.25) is 0 Å². The summed E-state index contributed by atoms with van der Waals surface area (Å²) in [6.07, 6.45) is 7.28. The highest BCUT2D eigenvalue weighted by Crippen LogP contribution is 2.18. The summed E-state index contributed by atoms with van der Waals surface area (Å²) in [7, 11) is 0. The molecule has 2 amide bonds. The fourth-order valence-electron chi connectivity index (χ4n) is 2.51. The number of pyridine rings is 1. The number of carbonyl (C=O) groups excluding carboxylic acids is 1. The molecule has 0 bridgehead atoms. The van der Waals surface area contributed by atoms with Crippen LogP contribution in [0.15, 0.2) is 66.0 Å². The van der Waals surface area contributed by atoms with E-state index in [1.165, 1.54) is 4.90 Å². The van der Waals surface area contributed by atoms with Crippen molar-refractivity contribution in [1.82, 2.24) is 25.4 Å². The van der Waals surface area contributed by atoms with Crippen LogP contribution in [-0.4, -0.2) is 27.1 Å². The number of nitrogens with one attached hydrogen (secondary N) is 2. The van der Waals surface area contributed by atoms with Gasteiger partial charge in [-0.25, -0.2) is 14.5 Å². The minimum Gasteiger partial charge on any atom is -0.334 e. The Morgan fingerprint density at radius 2 is 2.04 bits per heavy atom. The van der Waals surface area contributed by atoms with Gasteiger partial charge in [0.05, 0.1) is 6.04 Å². The summed E-state index contributed by atoms with van der Waals surface area (Å²) in [6, 6.07) is 13.5. The van der Waals surface area contributed by atoms with Crippen molar-refractivity contribution in [3.8, 4) is 5.82 Å². The van der Waals surface area contributed by atoms with E-state index in [-0.39, 0.29) is 12.1 Å². The highest BCUT2D eigenvalue weighted by molar-refractivity contribution is 7.98. The molecule has 0 saturated heterocycles. The van der Waals surface area contributed by atoms with Crippen LogP contribution in [0.5, 0.6) is 0 Å². The van der Waals surface area contributed by atoms with E-state index in [4.69, 9.17) is 0 Å². The lowest BCUT2D eigenvalue weighted by Gasteiger charge is -2.15. The van der Waals surface area contributed by atoms with Gasteiger partial charge in [-0.3, -0.25) is 0 Å². The molecule has 134 valence electrons. The lowest BCUT2D eigenvalue weighted by Crippen LogP contribution is -2.36. The van der Waals surface area contributed by atoms with E-state index in [1.807, 2.05) is 49.7 Å². The molecule has 1 aromatic carbocycles. The van der Waals surface area contributed by atoms with Gasteiger partial charge in [0.15, 0.2) is 5.82 Å². The van der Waals surface area contributed by atoms with Gasteiger partial charge in [0.1, 0.15) is 0 Å². The average Bonchev–Trinajstić information content (AvgIpc) is 3.21. The lowest BCUT2D eigenvalue weighted by molar-refractivity contribution is 0.237. The van der Waals surface area contributed by atoms with Crippen LogP contribution >= 0.6 is 11.8 Å². The highest BCUT2D eigenvalue weighted by atomic mass is 32.2. The van der Waals surface area contributed by atoms with Gasteiger partial charge in [-0.15, -0.1) is 11.8 Å². The first-order chi connectivity index (χ1) is 12.7. The zero-order valence-corrected chi connectivity index (χ0v) is 15.5. The number of thioether (sulfide) groups is 1. The molecule has 0 saturated carbocycles. The third-order valence-corrected chi connectivity index (χ3v) is 4.71. The van der Waals surface area contributed by atoms with Gasteiger partial charge in [-0.05, 0) is 54.6 Å².